The predicted molar refractivity (Wildman–Crippen MR) is 103 cm³/mol. The molecule has 1 aromatic rings. The lowest BCUT2D eigenvalue weighted by atomic mass is 9.68. The summed E-state index contributed by atoms with van der Waals surface area (Å²) in [7, 11) is 0. The molecule has 0 amide bonds. The molecule has 0 atom stereocenters. The first-order valence-electron chi connectivity index (χ1n) is 10.7. The molecule has 30 heavy (non-hydrogen) atoms. The van der Waals surface area contributed by atoms with Gasteiger partial charge in [-0.2, -0.15) is 8.78 Å². The van der Waals surface area contributed by atoms with Gasteiger partial charge in [0.1, 0.15) is 0 Å². The maximum absolute atomic E-state index is 14.0. The minimum Gasteiger partial charge on any atom is -0.429 e. The third-order valence-electron chi connectivity index (χ3n) is 6.68. The van der Waals surface area contributed by atoms with E-state index in [9.17, 15) is 26.3 Å². The molecule has 0 unspecified atom stereocenters. The number of alkyl halides is 4. The largest absolute Gasteiger partial charge is 0.429 e. The SMILES string of the molecule is Fc1cc(C2CCC([C@H]3CC[C@H](/C=C/CC(F)F)CC3)CC2)cc(F)c1OC(F)F. The van der Waals surface area contributed by atoms with Crippen molar-refractivity contribution in [2.24, 2.45) is 17.8 Å². The predicted octanol–water partition coefficient (Wildman–Crippen LogP) is 7.86. The molecule has 2 aliphatic rings. The molecule has 1 nitrogen and oxygen atoms in total. The second-order valence-electron chi connectivity index (χ2n) is 8.53. The number of hydrogen-bond acceptors (Lipinski definition) is 1. The lowest BCUT2D eigenvalue weighted by Crippen LogP contribution is -2.25. The van der Waals surface area contributed by atoms with E-state index in [4.69, 9.17) is 0 Å². The Hall–Kier alpha value is -1.66. The van der Waals surface area contributed by atoms with Crippen LogP contribution >= 0.6 is 0 Å². The molecule has 0 aromatic heterocycles. The van der Waals surface area contributed by atoms with Gasteiger partial charge >= 0.3 is 6.61 Å². The fourth-order valence-corrected chi connectivity index (χ4v) is 5.12. The van der Waals surface area contributed by atoms with Crippen LogP contribution in [0.3, 0.4) is 0 Å². The van der Waals surface area contributed by atoms with Crippen LogP contribution in [0, 0.1) is 29.4 Å². The topological polar surface area (TPSA) is 9.23 Å². The van der Waals surface area contributed by atoms with Crippen LogP contribution in [0.15, 0.2) is 24.3 Å². The fraction of sp³-hybridized carbons (Fsp3) is 0.652. The van der Waals surface area contributed by atoms with Crippen molar-refractivity contribution < 1.29 is 31.1 Å². The minimum absolute atomic E-state index is 0.0134. The highest BCUT2D eigenvalue weighted by molar-refractivity contribution is 5.33. The summed E-state index contributed by atoms with van der Waals surface area (Å²) in [5.74, 6) is -1.63. The highest BCUT2D eigenvalue weighted by Crippen LogP contribution is 2.44. The Kier molecular flexibility index (Phi) is 8.12. The average Bonchev–Trinajstić information content (AvgIpc) is 2.71. The molecule has 2 saturated carbocycles. The average molecular weight is 434 g/mol. The zero-order chi connectivity index (χ0) is 21.7. The Bertz CT molecular complexity index is 681. The van der Waals surface area contributed by atoms with E-state index in [-0.39, 0.29) is 12.3 Å². The van der Waals surface area contributed by atoms with Gasteiger partial charge in [-0.1, -0.05) is 12.2 Å². The first kappa shape index (κ1) is 23.0. The van der Waals surface area contributed by atoms with Gasteiger partial charge < -0.3 is 4.74 Å². The van der Waals surface area contributed by atoms with Gasteiger partial charge in [-0.15, -0.1) is 0 Å². The molecule has 7 heteroatoms. The molecular weight excluding hydrogens is 406 g/mol. The van der Waals surface area contributed by atoms with E-state index in [0.717, 1.165) is 63.5 Å². The Balaban J connectivity index is 1.49. The molecule has 0 N–H and O–H groups in total. The van der Waals surface area contributed by atoms with Crippen molar-refractivity contribution in [1.29, 1.82) is 0 Å². The quantitative estimate of drug-likeness (QED) is 0.314. The van der Waals surface area contributed by atoms with E-state index in [1.807, 2.05) is 6.08 Å². The maximum atomic E-state index is 14.0. The summed E-state index contributed by atoms with van der Waals surface area (Å²) in [5.41, 5.74) is 0.498. The Morgan fingerprint density at radius 3 is 1.87 bits per heavy atom. The number of ether oxygens (including phenoxy) is 1. The van der Waals surface area contributed by atoms with Crippen LogP contribution in [0.1, 0.15) is 69.3 Å². The van der Waals surface area contributed by atoms with Gasteiger partial charge in [0, 0.05) is 6.42 Å². The van der Waals surface area contributed by atoms with Gasteiger partial charge in [0.05, 0.1) is 0 Å². The molecule has 0 aliphatic heterocycles. The Morgan fingerprint density at radius 1 is 0.833 bits per heavy atom. The van der Waals surface area contributed by atoms with Crippen molar-refractivity contribution in [2.75, 3.05) is 0 Å². The molecule has 2 fully saturated rings. The van der Waals surface area contributed by atoms with Crippen LogP contribution < -0.4 is 4.74 Å². The van der Waals surface area contributed by atoms with Crippen molar-refractivity contribution >= 4 is 0 Å². The van der Waals surface area contributed by atoms with Crippen LogP contribution in [0.2, 0.25) is 0 Å². The van der Waals surface area contributed by atoms with Gasteiger partial charge in [0.2, 0.25) is 6.43 Å². The monoisotopic (exact) mass is 434 g/mol. The second kappa shape index (κ2) is 10.6. The summed E-state index contributed by atoms with van der Waals surface area (Å²) in [4.78, 5) is 0. The molecule has 0 heterocycles. The normalized spacial score (nSPS) is 27.9. The molecule has 3 rings (SSSR count). The third kappa shape index (κ3) is 6.17. The van der Waals surface area contributed by atoms with Crippen molar-refractivity contribution in [3.8, 4) is 5.75 Å². The summed E-state index contributed by atoms with van der Waals surface area (Å²) >= 11 is 0. The Labute approximate surface area is 173 Å². The van der Waals surface area contributed by atoms with Crippen LogP contribution in [0.25, 0.3) is 0 Å². The van der Waals surface area contributed by atoms with Crippen LogP contribution in [-0.4, -0.2) is 13.0 Å². The maximum Gasteiger partial charge on any atom is 0.387 e. The number of hydrogen-bond donors (Lipinski definition) is 0. The van der Waals surface area contributed by atoms with Crippen LogP contribution in [-0.2, 0) is 0 Å². The third-order valence-corrected chi connectivity index (χ3v) is 6.68. The van der Waals surface area contributed by atoms with Crippen LogP contribution in [0.4, 0.5) is 26.3 Å². The van der Waals surface area contributed by atoms with Gasteiger partial charge in [0.25, 0.3) is 0 Å². The molecule has 168 valence electrons. The van der Waals surface area contributed by atoms with E-state index < -0.39 is 30.4 Å². The number of halogens is 6. The molecule has 0 spiro atoms. The van der Waals surface area contributed by atoms with Crippen molar-refractivity contribution in [1.82, 2.24) is 0 Å². The molecule has 0 radical (unpaired) electrons. The Morgan fingerprint density at radius 2 is 1.37 bits per heavy atom. The number of rotatable bonds is 7. The molecule has 2 aliphatic carbocycles. The zero-order valence-electron chi connectivity index (χ0n) is 16.8. The van der Waals surface area contributed by atoms with Crippen molar-refractivity contribution in [2.45, 2.75) is 76.7 Å². The summed E-state index contributed by atoms with van der Waals surface area (Å²) in [6.07, 6.45) is 8.84. The van der Waals surface area contributed by atoms with Gasteiger partial charge in [0.15, 0.2) is 17.4 Å². The first-order chi connectivity index (χ1) is 14.3. The van der Waals surface area contributed by atoms with Gasteiger partial charge in [-0.3, -0.25) is 0 Å². The summed E-state index contributed by atoms with van der Waals surface area (Å²) < 4.78 is 81.0. The summed E-state index contributed by atoms with van der Waals surface area (Å²) in [6, 6.07) is 2.23. The molecule has 1 aromatic carbocycles. The lowest BCUT2D eigenvalue weighted by Gasteiger charge is -2.37. The lowest BCUT2D eigenvalue weighted by molar-refractivity contribution is -0.0546. The summed E-state index contributed by atoms with van der Waals surface area (Å²) in [6.45, 7) is -3.27. The molecular formula is C23H28F6O. The van der Waals surface area contributed by atoms with E-state index in [1.54, 1.807) is 6.08 Å². The smallest absolute Gasteiger partial charge is 0.387 e. The first-order valence-corrected chi connectivity index (χ1v) is 10.7. The van der Waals surface area contributed by atoms with Crippen molar-refractivity contribution in [3.63, 3.8) is 0 Å². The standard InChI is InChI=1S/C23H28F6O/c24-19-12-18(13-20(25)22(19)30-23(28)29)17-10-8-16(9-11-17)15-6-4-14(5-7-15)2-1-3-21(26)27/h1-2,12-17,21,23H,3-11H2/b2-1+/t14-,15-,16?,17?. The van der Waals surface area contributed by atoms with E-state index in [0.29, 0.717) is 23.3 Å². The van der Waals surface area contributed by atoms with Crippen LogP contribution in [0.5, 0.6) is 5.75 Å². The van der Waals surface area contributed by atoms with E-state index >= 15 is 0 Å². The summed E-state index contributed by atoms with van der Waals surface area (Å²) in [5, 5.41) is 0. The number of benzene rings is 1. The molecule has 0 saturated heterocycles. The van der Waals surface area contributed by atoms with Crippen molar-refractivity contribution in [3.05, 3.63) is 41.5 Å². The van der Waals surface area contributed by atoms with Gasteiger partial charge in [-0.05, 0) is 92.7 Å². The second-order valence-corrected chi connectivity index (χ2v) is 8.53. The zero-order valence-corrected chi connectivity index (χ0v) is 16.8. The highest BCUT2D eigenvalue weighted by Gasteiger charge is 2.31. The fourth-order valence-electron chi connectivity index (χ4n) is 5.12. The number of allylic oxidation sites excluding steroid dienone is 2. The molecule has 0 bridgehead atoms. The van der Waals surface area contributed by atoms with E-state index in [1.165, 1.54) is 0 Å². The highest BCUT2D eigenvalue weighted by atomic mass is 19.3. The minimum atomic E-state index is -3.27. The van der Waals surface area contributed by atoms with Gasteiger partial charge in [-0.25, -0.2) is 17.6 Å². The van der Waals surface area contributed by atoms with E-state index in [2.05, 4.69) is 4.74 Å².